The standard InChI is InChI=1S/C19H26ClN5O2S/c1-12(2)10-25-17(9-8-16(21)26)23-24-19(25)28-11-18(27)22-13(3)14-6-4-5-7-15(14)20/h4-7,12-13H,8-11H2,1-3H3,(H2,21,26)(H,22,27). The average Bonchev–Trinajstić information content (AvgIpc) is 2.99. The zero-order valence-electron chi connectivity index (χ0n) is 16.3. The molecule has 3 N–H and O–H groups in total. The zero-order valence-corrected chi connectivity index (χ0v) is 17.9. The molecule has 1 heterocycles. The number of halogens is 1. The average molecular weight is 424 g/mol. The zero-order chi connectivity index (χ0) is 20.7. The van der Waals surface area contributed by atoms with E-state index in [-0.39, 0.29) is 30.0 Å². The second kappa shape index (κ2) is 10.5. The van der Waals surface area contributed by atoms with Crippen LogP contribution in [-0.2, 0) is 22.6 Å². The molecule has 152 valence electrons. The van der Waals surface area contributed by atoms with Crippen LogP contribution in [0.1, 0.15) is 44.6 Å². The molecule has 0 fully saturated rings. The molecular weight excluding hydrogens is 398 g/mol. The highest BCUT2D eigenvalue weighted by Gasteiger charge is 2.17. The maximum atomic E-state index is 12.4. The van der Waals surface area contributed by atoms with Gasteiger partial charge in [0.05, 0.1) is 11.8 Å². The molecule has 2 aromatic rings. The molecule has 0 bridgehead atoms. The van der Waals surface area contributed by atoms with Gasteiger partial charge in [-0.3, -0.25) is 9.59 Å². The highest BCUT2D eigenvalue weighted by molar-refractivity contribution is 7.99. The molecule has 1 aromatic heterocycles. The normalized spacial score (nSPS) is 12.2. The Morgan fingerprint density at radius 2 is 1.96 bits per heavy atom. The van der Waals surface area contributed by atoms with E-state index >= 15 is 0 Å². The number of benzene rings is 1. The molecule has 0 aliphatic carbocycles. The Balaban J connectivity index is 1.99. The van der Waals surface area contributed by atoms with Gasteiger partial charge in [-0.2, -0.15) is 0 Å². The van der Waals surface area contributed by atoms with Gasteiger partial charge in [0.2, 0.25) is 11.8 Å². The predicted molar refractivity (Wildman–Crippen MR) is 111 cm³/mol. The smallest absolute Gasteiger partial charge is 0.230 e. The Kier molecular flexibility index (Phi) is 8.32. The van der Waals surface area contributed by atoms with E-state index in [1.54, 1.807) is 6.07 Å². The fourth-order valence-electron chi connectivity index (χ4n) is 2.71. The maximum Gasteiger partial charge on any atom is 0.230 e. The molecule has 7 nitrogen and oxygen atoms in total. The van der Waals surface area contributed by atoms with Crippen LogP contribution in [0, 0.1) is 5.92 Å². The lowest BCUT2D eigenvalue weighted by atomic mass is 10.1. The largest absolute Gasteiger partial charge is 0.370 e. The summed E-state index contributed by atoms with van der Waals surface area (Å²) in [5.41, 5.74) is 6.11. The van der Waals surface area contributed by atoms with Gasteiger partial charge in [0.1, 0.15) is 5.82 Å². The van der Waals surface area contributed by atoms with E-state index in [1.807, 2.05) is 29.7 Å². The van der Waals surface area contributed by atoms with Gasteiger partial charge in [0, 0.05) is 24.4 Å². The van der Waals surface area contributed by atoms with Gasteiger partial charge in [0.15, 0.2) is 5.16 Å². The molecule has 1 aromatic carbocycles. The van der Waals surface area contributed by atoms with Gasteiger partial charge >= 0.3 is 0 Å². The maximum absolute atomic E-state index is 12.4. The van der Waals surface area contributed by atoms with Crippen molar-refractivity contribution in [3.05, 3.63) is 40.7 Å². The number of aromatic nitrogens is 3. The number of carbonyl (C=O) groups is 2. The minimum absolute atomic E-state index is 0.116. The molecule has 1 unspecified atom stereocenters. The molecule has 0 aliphatic rings. The van der Waals surface area contributed by atoms with E-state index in [4.69, 9.17) is 17.3 Å². The number of nitrogens with zero attached hydrogens (tertiary/aromatic N) is 3. The second-order valence-corrected chi connectivity index (χ2v) is 8.32. The summed E-state index contributed by atoms with van der Waals surface area (Å²) in [6, 6.07) is 7.25. The number of hydrogen-bond donors (Lipinski definition) is 2. The molecule has 9 heteroatoms. The molecule has 0 radical (unpaired) electrons. The minimum Gasteiger partial charge on any atom is -0.370 e. The number of nitrogens with two attached hydrogens (primary N) is 1. The van der Waals surface area contributed by atoms with Crippen LogP contribution in [0.2, 0.25) is 5.02 Å². The molecular formula is C19H26ClN5O2S. The Morgan fingerprint density at radius 3 is 2.61 bits per heavy atom. The van der Waals surface area contributed by atoms with E-state index in [2.05, 4.69) is 29.4 Å². The van der Waals surface area contributed by atoms with Gasteiger partial charge in [-0.25, -0.2) is 0 Å². The number of primary amides is 1. The first kappa shape index (κ1) is 22.2. The van der Waals surface area contributed by atoms with E-state index in [0.717, 1.165) is 5.56 Å². The summed E-state index contributed by atoms with van der Waals surface area (Å²) in [5, 5.41) is 12.6. The van der Waals surface area contributed by atoms with E-state index < -0.39 is 0 Å². The minimum atomic E-state index is -0.374. The first-order valence-corrected chi connectivity index (χ1v) is 10.5. The van der Waals surface area contributed by atoms with E-state index in [1.165, 1.54) is 11.8 Å². The molecule has 0 spiro atoms. The van der Waals surface area contributed by atoms with Crippen LogP contribution in [-0.4, -0.2) is 32.3 Å². The summed E-state index contributed by atoms with van der Waals surface area (Å²) in [7, 11) is 0. The van der Waals surface area contributed by atoms with Crippen LogP contribution in [0.3, 0.4) is 0 Å². The van der Waals surface area contributed by atoms with E-state index in [0.29, 0.717) is 34.9 Å². The number of thioether (sulfide) groups is 1. The summed E-state index contributed by atoms with van der Waals surface area (Å²) in [5.74, 6) is 0.800. The number of nitrogens with one attached hydrogen (secondary N) is 1. The Bertz CT molecular complexity index is 824. The van der Waals surface area contributed by atoms with Crippen LogP contribution in [0.5, 0.6) is 0 Å². The number of amides is 2. The number of aryl methyl sites for hydroxylation is 1. The van der Waals surface area contributed by atoms with Crippen molar-refractivity contribution in [2.45, 2.75) is 51.4 Å². The SMILES string of the molecule is CC(C)Cn1c(CCC(N)=O)nnc1SCC(=O)NC(C)c1ccccc1Cl. The lowest BCUT2D eigenvalue weighted by molar-refractivity contribution is -0.119. The summed E-state index contributed by atoms with van der Waals surface area (Å²) >= 11 is 7.51. The van der Waals surface area contributed by atoms with Gasteiger partial charge in [-0.1, -0.05) is 55.4 Å². The van der Waals surface area contributed by atoms with Crippen LogP contribution in [0.25, 0.3) is 0 Å². The monoisotopic (exact) mass is 423 g/mol. The molecule has 0 saturated heterocycles. The topological polar surface area (TPSA) is 103 Å². The molecule has 0 aliphatic heterocycles. The van der Waals surface area contributed by atoms with Gasteiger partial charge in [-0.05, 0) is 24.5 Å². The number of carbonyl (C=O) groups excluding carboxylic acids is 2. The third-order valence-corrected chi connectivity index (χ3v) is 5.33. The summed E-state index contributed by atoms with van der Waals surface area (Å²) in [4.78, 5) is 23.4. The lowest BCUT2D eigenvalue weighted by Crippen LogP contribution is -2.28. The molecule has 0 saturated carbocycles. The summed E-state index contributed by atoms with van der Waals surface area (Å²) < 4.78 is 1.96. The van der Waals surface area contributed by atoms with E-state index in [9.17, 15) is 9.59 Å². The lowest BCUT2D eigenvalue weighted by Gasteiger charge is -2.16. The van der Waals surface area contributed by atoms with Crippen molar-refractivity contribution in [3.8, 4) is 0 Å². The van der Waals surface area contributed by atoms with Crippen molar-refractivity contribution in [3.63, 3.8) is 0 Å². The summed E-state index contributed by atoms with van der Waals surface area (Å²) in [6.07, 6.45) is 0.655. The molecule has 2 amide bonds. The number of hydrogen-bond acceptors (Lipinski definition) is 5. The van der Waals surface area contributed by atoms with Crippen molar-refractivity contribution in [2.75, 3.05) is 5.75 Å². The highest BCUT2D eigenvalue weighted by Crippen LogP contribution is 2.23. The van der Waals surface area contributed by atoms with Crippen molar-refractivity contribution >= 4 is 35.2 Å². The first-order valence-electron chi connectivity index (χ1n) is 9.15. The van der Waals surface area contributed by atoms with Crippen molar-refractivity contribution in [1.29, 1.82) is 0 Å². The van der Waals surface area contributed by atoms with Crippen LogP contribution >= 0.6 is 23.4 Å². The van der Waals surface area contributed by atoms with Crippen molar-refractivity contribution < 1.29 is 9.59 Å². The Hall–Kier alpha value is -2.06. The highest BCUT2D eigenvalue weighted by atomic mass is 35.5. The molecule has 28 heavy (non-hydrogen) atoms. The van der Waals surface area contributed by atoms with Crippen molar-refractivity contribution in [2.24, 2.45) is 11.7 Å². The molecule has 2 rings (SSSR count). The van der Waals surface area contributed by atoms with Crippen LogP contribution < -0.4 is 11.1 Å². The fraction of sp³-hybridized carbons (Fsp3) is 0.474. The Morgan fingerprint density at radius 1 is 1.25 bits per heavy atom. The van der Waals surface area contributed by atoms with Gasteiger partial charge < -0.3 is 15.6 Å². The third kappa shape index (κ3) is 6.53. The van der Waals surface area contributed by atoms with Crippen molar-refractivity contribution in [1.82, 2.24) is 20.1 Å². The Labute approximate surface area is 174 Å². The molecule has 1 atom stereocenters. The first-order chi connectivity index (χ1) is 13.3. The van der Waals surface area contributed by atoms with Gasteiger partial charge in [-0.15, -0.1) is 10.2 Å². The quantitative estimate of drug-likeness (QED) is 0.572. The second-order valence-electron chi connectivity index (χ2n) is 6.97. The third-order valence-electron chi connectivity index (χ3n) is 4.02. The number of rotatable bonds is 10. The van der Waals surface area contributed by atoms with Crippen LogP contribution in [0.15, 0.2) is 29.4 Å². The fourth-order valence-corrected chi connectivity index (χ4v) is 3.79. The summed E-state index contributed by atoms with van der Waals surface area (Å²) in [6.45, 7) is 6.78. The predicted octanol–water partition coefficient (Wildman–Crippen LogP) is 2.97. The van der Waals surface area contributed by atoms with Gasteiger partial charge in [0.25, 0.3) is 0 Å². The van der Waals surface area contributed by atoms with Crippen LogP contribution in [0.4, 0.5) is 0 Å².